The second-order valence-electron chi connectivity index (χ2n) is 4.35. The average Bonchev–Trinajstić information content (AvgIpc) is 2.90. The zero-order valence-electron chi connectivity index (χ0n) is 11.2. The third-order valence-electron chi connectivity index (χ3n) is 2.95. The van der Waals surface area contributed by atoms with Gasteiger partial charge in [0.15, 0.2) is 6.33 Å². The van der Waals surface area contributed by atoms with E-state index in [9.17, 15) is 15.0 Å². The lowest BCUT2D eigenvalue weighted by molar-refractivity contribution is -0.00674. The molecule has 0 spiro atoms. The largest absolute Gasteiger partial charge is 0.465 e. The van der Waals surface area contributed by atoms with Crippen LogP contribution in [0, 0.1) is 0 Å². The molecule has 0 saturated carbocycles. The fraction of sp³-hybridized carbons (Fsp3) is 0.333. The van der Waals surface area contributed by atoms with Crippen molar-refractivity contribution in [2.24, 2.45) is 0 Å². The van der Waals surface area contributed by atoms with Crippen LogP contribution in [0.3, 0.4) is 0 Å². The first-order valence-electron chi connectivity index (χ1n) is 6.15. The van der Waals surface area contributed by atoms with Gasteiger partial charge in [0.25, 0.3) is 0 Å². The molecule has 2 rings (SSSR count). The molecule has 2 aromatic rings. The van der Waals surface area contributed by atoms with Gasteiger partial charge in [0.05, 0.1) is 12.6 Å². The van der Waals surface area contributed by atoms with Gasteiger partial charge >= 0.3 is 6.09 Å². The summed E-state index contributed by atoms with van der Waals surface area (Å²) in [4.78, 5) is 13.6. The number of carboxylic acid groups (broad SMARTS) is 1. The molecular weight excluding hydrogens is 298 g/mol. The number of aliphatic hydroxyl groups excluding tert-OH is 1. The number of benzene rings is 1. The molecule has 2 N–H and O–H groups in total. The number of aliphatic hydroxyl groups is 1. The summed E-state index contributed by atoms with van der Waals surface area (Å²) >= 11 is 6.15. The Balaban J connectivity index is 2.43. The van der Waals surface area contributed by atoms with Crippen molar-refractivity contribution in [3.05, 3.63) is 41.2 Å². The second kappa shape index (κ2) is 6.51. The molecule has 0 bridgehead atoms. The molecule has 0 saturated heterocycles. The fourth-order valence-corrected chi connectivity index (χ4v) is 2.32. The number of tetrazole rings is 1. The first-order chi connectivity index (χ1) is 10.0. The molecule has 0 aliphatic heterocycles. The molecule has 1 amide bonds. The Morgan fingerprint density at radius 2 is 2.19 bits per heavy atom. The number of hydrogen-bond donors (Lipinski definition) is 2. The predicted octanol–water partition coefficient (Wildman–Crippen LogP) is 1.39. The van der Waals surface area contributed by atoms with E-state index in [1.165, 1.54) is 18.0 Å². The van der Waals surface area contributed by atoms with Crippen molar-refractivity contribution in [1.82, 2.24) is 25.1 Å². The maximum absolute atomic E-state index is 11.5. The molecule has 1 heterocycles. The summed E-state index contributed by atoms with van der Waals surface area (Å²) in [5, 5.41) is 30.7. The van der Waals surface area contributed by atoms with E-state index in [0.717, 1.165) is 4.90 Å². The van der Waals surface area contributed by atoms with Crippen LogP contribution in [-0.2, 0) is 6.54 Å². The van der Waals surface area contributed by atoms with Gasteiger partial charge in [-0.2, -0.15) is 4.80 Å². The minimum absolute atomic E-state index is 0.0843. The molecule has 1 aromatic carbocycles. The van der Waals surface area contributed by atoms with E-state index in [4.69, 9.17) is 11.6 Å². The molecule has 8 nitrogen and oxygen atoms in total. The maximum atomic E-state index is 11.5. The van der Waals surface area contributed by atoms with E-state index in [1.54, 1.807) is 24.3 Å². The molecule has 1 aromatic heterocycles. The average molecular weight is 312 g/mol. The van der Waals surface area contributed by atoms with Crippen LogP contribution >= 0.6 is 11.6 Å². The van der Waals surface area contributed by atoms with Crippen molar-refractivity contribution in [3.8, 4) is 0 Å². The molecule has 2 unspecified atom stereocenters. The normalized spacial score (nSPS) is 13.7. The lowest BCUT2D eigenvalue weighted by Crippen LogP contribution is -2.42. The molecule has 21 heavy (non-hydrogen) atoms. The second-order valence-corrected chi connectivity index (χ2v) is 4.76. The summed E-state index contributed by atoms with van der Waals surface area (Å²) < 4.78 is 0. The van der Waals surface area contributed by atoms with Gasteiger partial charge in [-0.3, -0.25) is 4.90 Å². The highest BCUT2D eigenvalue weighted by Gasteiger charge is 2.30. The van der Waals surface area contributed by atoms with E-state index in [-0.39, 0.29) is 6.54 Å². The van der Waals surface area contributed by atoms with E-state index < -0.39 is 18.4 Å². The van der Waals surface area contributed by atoms with Crippen LogP contribution < -0.4 is 0 Å². The third-order valence-corrected chi connectivity index (χ3v) is 3.30. The quantitative estimate of drug-likeness (QED) is 0.808. The van der Waals surface area contributed by atoms with Crippen molar-refractivity contribution < 1.29 is 15.0 Å². The SMILES string of the molecule is CC(O)N(C(=O)O)C(Cn1ncnn1)c1ccccc1Cl. The van der Waals surface area contributed by atoms with Gasteiger partial charge in [-0.15, -0.1) is 10.2 Å². The lowest BCUT2D eigenvalue weighted by atomic mass is 10.1. The van der Waals surface area contributed by atoms with Crippen LogP contribution in [0.15, 0.2) is 30.6 Å². The van der Waals surface area contributed by atoms with E-state index in [1.807, 2.05) is 0 Å². The topological polar surface area (TPSA) is 104 Å². The highest BCUT2D eigenvalue weighted by molar-refractivity contribution is 6.31. The maximum Gasteiger partial charge on any atom is 0.409 e. The van der Waals surface area contributed by atoms with Crippen LogP contribution in [0.5, 0.6) is 0 Å². The van der Waals surface area contributed by atoms with E-state index in [2.05, 4.69) is 15.4 Å². The highest BCUT2D eigenvalue weighted by Crippen LogP contribution is 2.29. The van der Waals surface area contributed by atoms with Crippen molar-refractivity contribution in [2.45, 2.75) is 25.7 Å². The number of hydrogen-bond acceptors (Lipinski definition) is 5. The number of halogens is 1. The predicted molar refractivity (Wildman–Crippen MR) is 73.6 cm³/mol. The van der Waals surface area contributed by atoms with E-state index in [0.29, 0.717) is 10.6 Å². The van der Waals surface area contributed by atoms with Crippen LogP contribution in [0.25, 0.3) is 0 Å². The molecule has 2 atom stereocenters. The summed E-state index contributed by atoms with van der Waals surface area (Å²) in [6.45, 7) is 1.45. The third kappa shape index (κ3) is 3.47. The summed E-state index contributed by atoms with van der Waals surface area (Å²) in [6.07, 6.45) is -1.24. The molecule has 0 aliphatic rings. The zero-order chi connectivity index (χ0) is 15.4. The molecule has 0 aliphatic carbocycles. The Morgan fingerprint density at radius 1 is 1.48 bits per heavy atom. The number of rotatable bonds is 5. The summed E-state index contributed by atoms with van der Waals surface area (Å²) in [7, 11) is 0. The van der Waals surface area contributed by atoms with Crippen molar-refractivity contribution in [3.63, 3.8) is 0 Å². The first-order valence-corrected chi connectivity index (χ1v) is 6.53. The van der Waals surface area contributed by atoms with Crippen molar-refractivity contribution >= 4 is 17.7 Å². The minimum Gasteiger partial charge on any atom is -0.465 e. The van der Waals surface area contributed by atoms with Crippen LogP contribution in [0.1, 0.15) is 18.5 Å². The summed E-state index contributed by atoms with van der Waals surface area (Å²) in [5.74, 6) is 0. The van der Waals surface area contributed by atoms with Gasteiger partial charge in [-0.25, -0.2) is 4.79 Å². The van der Waals surface area contributed by atoms with Gasteiger partial charge in [0, 0.05) is 5.02 Å². The number of nitrogens with zero attached hydrogens (tertiary/aromatic N) is 5. The lowest BCUT2D eigenvalue weighted by Gasteiger charge is -2.31. The standard InChI is InChI=1S/C12H14ClN5O3/c1-8(19)18(12(20)21)11(6-17-15-7-14-16-17)9-4-2-3-5-10(9)13/h2-5,7-8,11,19H,6H2,1H3,(H,20,21). The van der Waals surface area contributed by atoms with Gasteiger partial charge in [-0.05, 0) is 23.8 Å². The minimum atomic E-state index is -1.27. The zero-order valence-corrected chi connectivity index (χ0v) is 11.9. The Kier molecular flexibility index (Phi) is 4.71. The molecular formula is C12H14ClN5O3. The van der Waals surface area contributed by atoms with Crippen LogP contribution in [0.2, 0.25) is 5.02 Å². The molecule has 0 fully saturated rings. The molecule has 9 heteroatoms. The molecule has 0 radical (unpaired) electrons. The number of amides is 1. The van der Waals surface area contributed by atoms with Crippen LogP contribution in [-0.4, -0.2) is 47.6 Å². The highest BCUT2D eigenvalue weighted by atomic mass is 35.5. The summed E-state index contributed by atoms with van der Waals surface area (Å²) in [6, 6.07) is 6.09. The van der Waals surface area contributed by atoms with Crippen LogP contribution in [0.4, 0.5) is 4.79 Å². The van der Waals surface area contributed by atoms with Gasteiger partial charge < -0.3 is 10.2 Å². The number of carbonyl (C=O) groups is 1. The van der Waals surface area contributed by atoms with Gasteiger partial charge in [0.2, 0.25) is 0 Å². The van der Waals surface area contributed by atoms with E-state index >= 15 is 0 Å². The summed E-state index contributed by atoms with van der Waals surface area (Å²) in [5.41, 5.74) is 0.555. The Labute approximate surface area is 125 Å². The van der Waals surface area contributed by atoms with Gasteiger partial charge in [0.1, 0.15) is 6.23 Å². The Bertz CT molecular complexity index is 605. The van der Waals surface area contributed by atoms with Crippen molar-refractivity contribution in [2.75, 3.05) is 0 Å². The molecule has 112 valence electrons. The Morgan fingerprint density at radius 3 is 2.71 bits per heavy atom. The fourth-order valence-electron chi connectivity index (χ4n) is 2.06. The first kappa shape index (κ1) is 15.2. The Hall–Kier alpha value is -2.19. The van der Waals surface area contributed by atoms with Gasteiger partial charge in [-0.1, -0.05) is 29.8 Å². The number of aromatic nitrogens is 4. The smallest absolute Gasteiger partial charge is 0.409 e. The van der Waals surface area contributed by atoms with Crippen molar-refractivity contribution in [1.29, 1.82) is 0 Å². The monoisotopic (exact) mass is 311 g/mol.